The molecule has 0 radical (unpaired) electrons. The van der Waals surface area contributed by atoms with Gasteiger partial charge in [0.25, 0.3) is 0 Å². The smallest absolute Gasteiger partial charge is 0.243 e. The number of amides is 2. The van der Waals surface area contributed by atoms with Crippen LogP contribution in [0.3, 0.4) is 0 Å². The number of benzene rings is 2. The summed E-state index contributed by atoms with van der Waals surface area (Å²) >= 11 is 6.15. The van der Waals surface area contributed by atoms with E-state index in [-0.39, 0.29) is 18.4 Å². The summed E-state index contributed by atoms with van der Waals surface area (Å²) in [6.45, 7) is 2.99. The highest BCUT2D eigenvalue weighted by molar-refractivity contribution is 6.33. The Morgan fingerprint density at radius 2 is 1.69 bits per heavy atom. The summed E-state index contributed by atoms with van der Waals surface area (Å²) in [7, 11) is 1.62. The lowest BCUT2D eigenvalue weighted by Crippen LogP contribution is -2.22. The fourth-order valence-electron chi connectivity index (χ4n) is 2.44. The quantitative estimate of drug-likeness (QED) is 0.476. The molecule has 2 rings (SSSR count). The van der Waals surface area contributed by atoms with Gasteiger partial charge in [-0.3, -0.25) is 9.59 Å². The molecule has 3 N–H and O–H groups in total. The minimum Gasteiger partial charge on any atom is -0.491 e. The topological polar surface area (TPSA) is 88.7 Å². The molecule has 2 aromatic rings. The van der Waals surface area contributed by atoms with Crippen LogP contribution in [0.4, 0.5) is 17.1 Å². The molecule has 0 aromatic heterocycles. The van der Waals surface area contributed by atoms with Crippen molar-refractivity contribution in [2.75, 3.05) is 42.8 Å². The van der Waals surface area contributed by atoms with Crippen molar-refractivity contribution in [3.05, 3.63) is 47.5 Å². The second-order valence-electron chi connectivity index (χ2n) is 6.26. The third kappa shape index (κ3) is 8.01. The Morgan fingerprint density at radius 3 is 2.38 bits per heavy atom. The maximum Gasteiger partial charge on any atom is 0.243 e. The van der Waals surface area contributed by atoms with E-state index in [1.165, 1.54) is 0 Å². The Balaban J connectivity index is 1.86. The normalized spacial score (nSPS) is 10.3. The Kier molecular flexibility index (Phi) is 9.27. The van der Waals surface area contributed by atoms with Gasteiger partial charge in [-0.15, -0.1) is 0 Å². The van der Waals surface area contributed by atoms with Gasteiger partial charge >= 0.3 is 0 Å². The SMILES string of the molecule is CCCC(=O)Nc1ccc(Cl)c(NC(=O)CNc2ccc(OCCOC)cc2)c1. The molecule has 0 atom stereocenters. The zero-order valence-corrected chi connectivity index (χ0v) is 17.3. The average Bonchev–Trinajstić information content (AvgIpc) is 2.70. The summed E-state index contributed by atoms with van der Waals surface area (Å²) in [6, 6.07) is 12.2. The number of hydrogen-bond donors (Lipinski definition) is 3. The first kappa shape index (κ1) is 22.5. The Morgan fingerprint density at radius 1 is 0.966 bits per heavy atom. The van der Waals surface area contributed by atoms with E-state index in [0.29, 0.717) is 36.0 Å². The van der Waals surface area contributed by atoms with Crippen molar-refractivity contribution < 1.29 is 19.1 Å². The van der Waals surface area contributed by atoms with Crippen molar-refractivity contribution in [2.45, 2.75) is 19.8 Å². The maximum atomic E-state index is 12.3. The highest BCUT2D eigenvalue weighted by Crippen LogP contribution is 2.25. The lowest BCUT2D eigenvalue weighted by molar-refractivity contribution is -0.116. The molecule has 0 unspecified atom stereocenters. The Hall–Kier alpha value is -2.77. The van der Waals surface area contributed by atoms with Gasteiger partial charge < -0.3 is 25.4 Å². The minimum atomic E-state index is -0.260. The van der Waals surface area contributed by atoms with Crippen LogP contribution < -0.4 is 20.7 Å². The number of carbonyl (C=O) groups is 2. The molecule has 2 aromatic carbocycles. The van der Waals surface area contributed by atoms with Crippen LogP contribution in [-0.2, 0) is 14.3 Å². The summed E-state index contributed by atoms with van der Waals surface area (Å²) in [5.41, 5.74) is 1.81. The van der Waals surface area contributed by atoms with Gasteiger partial charge in [0.15, 0.2) is 0 Å². The number of nitrogens with one attached hydrogen (secondary N) is 3. The lowest BCUT2D eigenvalue weighted by atomic mass is 10.2. The van der Waals surface area contributed by atoms with E-state index in [1.54, 1.807) is 25.3 Å². The fourth-order valence-corrected chi connectivity index (χ4v) is 2.60. The van der Waals surface area contributed by atoms with Gasteiger partial charge in [-0.2, -0.15) is 0 Å². The molecule has 0 aliphatic carbocycles. The summed E-state index contributed by atoms with van der Waals surface area (Å²) < 4.78 is 10.4. The Bertz CT molecular complexity index is 812. The van der Waals surface area contributed by atoms with Crippen molar-refractivity contribution in [2.24, 2.45) is 0 Å². The molecule has 0 bridgehead atoms. The van der Waals surface area contributed by atoms with Gasteiger partial charge in [0.05, 0.1) is 23.9 Å². The van der Waals surface area contributed by atoms with E-state index in [9.17, 15) is 9.59 Å². The molecule has 156 valence electrons. The monoisotopic (exact) mass is 419 g/mol. The molecule has 0 heterocycles. The second-order valence-corrected chi connectivity index (χ2v) is 6.67. The van der Waals surface area contributed by atoms with Gasteiger partial charge in [0.2, 0.25) is 11.8 Å². The molecule has 0 aliphatic rings. The summed E-state index contributed by atoms with van der Waals surface area (Å²) in [4.78, 5) is 24.0. The molecule has 8 heteroatoms. The van der Waals surface area contributed by atoms with Crippen LogP contribution in [0.25, 0.3) is 0 Å². The molecular weight excluding hydrogens is 394 g/mol. The number of halogens is 1. The number of carbonyl (C=O) groups excluding carboxylic acids is 2. The minimum absolute atomic E-state index is 0.0621. The van der Waals surface area contributed by atoms with E-state index >= 15 is 0 Å². The first-order chi connectivity index (χ1) is 14.0. The molecule has 0 fully saturated rings. The molecule has 0 saturated heterocycles. The van der Waals surface area contributed by atoms with Crippen molar-refractivity contribution in [3.63, 3.8) is 0 Å². The molecule has 29 heavy (non-hydrogen) atoms. The first-order valence-corrected chi connectivity index (χ1v) is 9.74. The predicted octanol–water partition coefficient (Wildman–Crippen LogP) is 4.15. The van der Waals surface area contributed by atoms with Gasteiger partial charge in [0, 0.05) is 24.9 Å². The summed E-state index contributed by atoms with van der Waals surface area (Å²) in [5, 5.41) is 8.96. The molecule has 0 aliphatic heterocycles. The van der Waals surface area contributed by atoms with Gasteiger partial charge in [-0.1, -0.05) is 18.5 Å². The van der Waals surface area contributed by atoms with E-state index in [0.717, 1.165) is 17.9 Å². The third-order valence-corrected chi connectivity index (χ3v) is 4.19. The van der Waals surface area contributed by atoms with Crippen LogP contribution in [-0.4, -0.2) is 38.7 Å². The van der Waals surface area contributed by atoms with E-state index in [4.69, 9.17) is 21.1 Å². The second kappa shape index (κ2) is 11.9. The standard InChI is InChI=1S/C21H26ClN3O4/c1-3-4-20(26)24-16-7-10-18(22)19(13-16)25-21(27)14-23-15-5-8-17(9-6-15)29-12-11-28-2/h5-10,13,23H,3-4,11-12,14H2,1-2H3,(H,24,26)(H,25,27). The van der Waals surface area contributed by atoms with Crippen LogP contribution >= 0.6 is 11.6 Å². The van der Waals surface area contributed by atoms with Gasteiger partial charge in [-0.25, -0.2) is 0 Å². The molecule has 7 nitrogen and oxygen atoms in total. The maximum absolute atomic E-state index is 12.3. The molecule has 2 amide bonds. The lowest BCUT2D eigenvalue weighted by Gasteiger charge is -2.12. The van der Waals surface area contributed by atoms with E-state index in [2.05, 4.69) is 16.0 Å². The van der Waals surface area contributed by atoms with E-state index in [1.807, 2.05) is 31.2 Å². The highest BCUT2D eigenvalue weighted by atomic mass is 35.5. The fraction of sp³-hybridized carbons (Fsp3) is 0.333. The first-order valence-electron chi connectivity index (χ1n) is 9.36. The largest absolute Gasteiger partial charge is 0.491 e. The molecular formula is C21H26ClN3O4. The highest BCUT2D eigenvalue weighted by Gasteiger charge is 2.09. The zero-order chi connectivity index (χ0) is 21.1. The van der Waals surface area contributed by atoms with Crippen LogP contribution in [0.2, 0.25) is 5.02 Å². The number of rotatable bonds is 11. The van der Waals surface area contributed by atoms with Crippen LogP contribution in [0.5, 0.6) is 5.75 Å². The van der Waals surface area contributed by atoms with Crippen LogP contribution in [0.15, 0.2) is 42.5 Å². The summed E-state index contributed by atoms with van der Waals surface area (Å²) in [6.07, 6.45) is 1.19. The van der Waals surface area contributed by atoms with Crippen molar-refractivity contribution >= 4 is 40.5 Å². The predicted molar refractivity (Wildman–Crippen MR) is 116 cm³/mol. The molecule has 0 spiro atoms. The zero-order valence-electron chi connectivity index (χ0n) is 16.6. The van der Waals surface area contributed by atoms with Crippen molar-refractivity contribution in [1.82, 2.24) is 0 Å². The van der Waals surface area contributed by atoms with Gasteiger partial charge in [-0.05, 0) is 48.9 Å². The number of methoxy groups -OCH3 is 1. The van der Waals surface area contributed by atoms with Crippen molar-refractivity contribution in [1.29, 1.82) is 0 Å². The number of anilines is 3. The number of ether oxygens (including phenoxy) is 2. The van der Waals surface area contributed by atoms with E-state index < -0.39 is 0 Å². The Labute approximate surface area is 175 Å². The third-order valence-electron chi connectivity index (χ3n) is 3.86. The van der Waals surface area contributed by atoms with Gasteiger partial charge in [0.1, 0.15) is 12.4 Å². The summed E-state index contributed by atoms with van der Waals surface area (Å²) in [5.74, 6) is 0.388. The van der Waals surface area contributed by atoms with Crippen LogP contribution in [0.1, 0.15) is 19.8 Å². The van der Waals surface area contributed by atoms with Crippen molar-refractivity contribution in [3.8, 4) is 5.75 Å². The number of hydrogen-bond acceptors (Lipinski definition) is 5. The average molecular weight is 420 g/mol. The molecule has 0 saturated carbocycles. The van der Waals surface area contributed by atoms with Crippen LogP contribution in [0, 0.1) is 0 Å².